The minimum absolute atomic E-state index is 0.309. The molecule has 2 atom stereocenters. The number of rotatable bonds is 5. The fourth-order valence-corrected chi connectivity index (χ4v) is 2.21. The van der Waals surface area contributed by atoms with Crippen LogP contribution in [0.4, 0.5) is 0 Å². The Hall–Kier alpha value is -0.590. The number of hydrogen-bond donors (Lipinski definition) is 0. The largest absolute Gasteiger partial charge is 0.299 e. The normalized spacial score (nSPS) is 27.9. The van der Waals surface area contributed by atoms with E-state index in [0.29, 0.717) is 17.6 Å². The molecule has 0 radical (unpaired) electrons. The standard InChI is InChI=1S/C12H20O/c1-3-5-6-7-11-10(4-2)8-9-12(11)13/h4,10-11H,2-3,5-9H2,1H3. The first-order valence-corrected chi connectivity index (χ1v) is 5.44. The zero-order valence-corrected chi connectivity index (χ0v) is 8.59. The van der Waals surface area contributed by atoms with Crippen LogP contribution >= 0.6 is 0 Å². The third-order valence-corrected chi connectivity index (χ3v) is 3.08. The van der Waals surface area contributed by atoms with Crippen LogP contribution < -0.4 is 0 Å². The summed E-state index contributed by atoms with van der Waals surface area (Å²) >= 11 is 0. The molecule has 0 heterocycles. The van der Waals surface area contributed by atoms with Crippen molar-refractivity contribution in [2.45, 2.75) is 45.4 Å². The molecular formula is C12H20O. The van der Waals surface area contributed by atoms with E-state index in [2.05, 4.69) is 13.5 Å². The predicted molar refractivity (Wildman–Crippen MR) is 55.6 cm³/mol. The number of carbonyl (C=O) groups is 1. The maximum absolute atomic E-state index is 11.5. The molecule has 0 aromatic carbocycles. The van der Waals surface area contributed by atoms with Gasteiger partial charge in [0.15, 0.2) is 0 Å². The van der Waals surface area contributed by atoms with Gasteiger partial charge >= 0.3 is 0 Å². The van der Waals surface area contributed by atoms with E-state index in [0.717, 1.165) is 19.3 Å². The van der Waals surface area contributed by atoms with Gasteiger partial charge in [-0.3, -0.25) is 4.79 Å². The molecule has 0 saturated heterocycles. The molecule has 1 aliphatic rings. The van der Waals surface area contributed by atoms with E-state index in [1.807, 2.05) is 6.08 Å². The highest BCUT2D eigenvalue weighted by Gasteiger charge is 2.31. The fraction of sp³-hybridized carbons (Fsp3) is 0.750. The van der Waals surface area contributed by atoms with Gasteiger partial charge in [0.25, 0.3) is 0 Å². The van der Waals surface area contributed by atoms with Gasteiger partial charge in [-0.15, -0.1) is 6.58 Å². The minimum atomic E-state index is 0.309. The molecule has 1 aliphatic carbocycles. The first-order chi connectivity index (χ1) is 6.29. The Bertz CT molecular complexity index is 184. The van der Waals surface area contributed by atoms with E-state index >= 15 is 0 Å². The summed E-state index contributed by atoms with van der Waals surface area (Å²) in [6, 6.07) is 0. The van der Waals surface area contributed by atoms with Gasteiger partial charge in [0.1, 0.15) is 5.78 Å². The zero-order valence-electron chi connectivity index (χ0n) is 8.59. The van der Waals surface area contributed by atoms with Crippen LogP contribution in [0.5, 0.6) is 0 Å². The van der Waals surface area contributed by atoms with E-state index in [1.54, 1.807) is 0 Å². The highest BCUT2D eigenvalue weighted by molar-refractivity contribution is 5.83. The van der Waals surface area contributed by atoms with E-state index < -0.39 is 0 Å². The molecule has 2 unspecified atom stereocenters. The van der Waals surface area contributed by atoms with Gasteiger partial charge in [-0.1, -0.05) is 32.3 Å². The monoisotopic (exact) mass is 180 g/mol. The Morgan fingerprint density at radius 1 is 1.54 bits per heavy atom. The maximum Gasteiger partial charge on any atom is 0.136 e. The average molecular weight is 180 g/mol. The summed E-state index contributed by atoms with van der Waals surface area (Å²) in [5.41, 5.74) is 0. The predicted octanol–water partition coefficient (Wildman–Crippen LogP) is 3.35. The summed E-state index contributed by atoms with van der Waals surface area (Å²) in [6.45, 7) is 6.00. The van der Waals surface area contributed by atoms with Gasteiger partial charge in [0, 0.05) is 12.3 Å². The lowest BCUT2D eigenvalue weighted by Gasteiger charge is -2.13. The second-order valence-electron chi connectivity index (χ2n) is 4.01. The average Bonchev–Trinajstić information content (AvgIpc) is 2.48. The van der Waals surface area contributed by atoms with Crippen molar-refractivity contribution in [3.63, 3.8) is 0 Å². The van der Waals surface area contributed by atoms with Crippen molar-refractivity contribution < 1.29 is 4.79 Å². The molecule has 0 aliphatic heterocycles. The highest BCUT2D eigenvalue weighted by Crippen LogP contribution is 2.33. The molecule has 1 fully saturated rings. The summed E-state index contributed by atoms with van der Waals surface area (Å²) in [5, 5.41) is 0. The van der Waals surface area contributed by atoms with Crippen LogP contribution in [0.1, 0.15) is 45.4 Å². The summed E-state index contributed by atoms with van der Waals surface area (Å²) in [5.74, 6) is 1.26. The van der Waals surface area contributed by atoms with Crippen LogP contribution in [-0.2, 0) is 4.79 Å². The summed E-state index contributed by atoms with van der Waals surface area (Å²) in [6.07, 6.45) is 8.59. The van der Waals surface area contributed by atoms with Gasteiger partial charge in [-0.2, -0.15) is 0 Å². The molecule has 74 valence electrons. The Kier molecular flexibility index (Phi) is 4.20. The van der Waals surface area contributed by atoms with E-state index in [9.17, 15) is 4.79 Å². The lowest BCUT2D eigenvalue weighted by Crippen LogP contribution is -2.12. The maximum atomic E-state index is 11.5. The molecule has 0 spiro atoms. The molecule has 0 bridgehead atoms. The Morgan fingerprint density at radius 3 is 2.92 bits per heavy atom. The second-order valence-corrected chi connectivity index (χ2v) is 4.01. The van der Waals surface area contributed by atoms with Crippen molar-refractivity contribution in [1.29, 1.82) is 0 Å². The molecule has 0 aromatic heterocycles. The molecular weight excluding hydrogens is 160 g/mol. The molecule has 13 heavy (non-hydrogen) atoms. The zero-order chi connectivity index (χ0) is 9.68. The SMILES string of the molecule is C=CC1CCC(=O)C1CCCCC. The lowest BCUT2D eigenvalue weighted by atomic mass is 9.90. The quantitative estimate of drug-likeness (QED) is 0.468. The number of ketones is 1. The second kappa shape index (κ2) is 5.21. The lowest BCUT2D eigenvalue weighted by molar-refractivity contribution is -0.121. The molecule has 1 saturated carbocycles. The number of hydrogen-bond acceptors (Lipinski definition) is 1. The van der Waals surface area contributed by atoms with Crippen molar-refractivity contribution in [1.82, 2.24) is 0 Å². The molecule has 0 N–H and O–H groups in total. The Balaban J connectivity index is 2.36. The Morgan fingerprint density at radius 2 is 2.31 bits per heavy atom. The summed E-state index contributed by atoms with van der Waals surface area (Å²) in [7, 11) is 0. The van der Waals surface area contributed by atoms with Crippen LogP contribution in [0.25, 0.3) is 0 Å². The van der Waals surface area contributed by atoms with Gasteiger partial charge in [-0.25, -0.2) is 0 Å². The van der Waals surface area contributed by atoms with Gasteiger partial charge in [-0.05, 0) is 18.8 Å². The van der Waals surface area contributed by atoms with Crippen LogP contribution in [0.3, 0.4) is 0 Å². The topological polar surface area (TPSA) is 17.1 Å². The molecule has 1 heteroatoms. The summed E-state index contributed by atoms with van der Waals surface area (Å²) in [4.78, 5) is 11.5. The molecule has 0 amide bonds. The van der Waals surface area contributed by atoms with Gasteiger partial charge in [0.05, 0.1) is 0 Å². The van der Waals surface area contributed by atoms with Crippen LogP contribution in [0.2, 0.25) is 0 Å². The third-order valence-electron chi connectivity index (χ3n) is 3.08. The van der Waals surface area contributed by atoms with Gasteiger partial charge in [0.2, 0.25) is 0 Å². The first kappa shape index (κ1) is 10.5. The molecule has 1 rings (SSSR count). The number of unbranched alkanes of at least 4 members (excludes halogenated alkanes) is 2. The van der Waals surface area contributed by atoms with E-state index in [4.69, 9.17) is 0 Å². The van der Waals surface area contributed by atoms with E-state index in [1.165, 1.54) is 19.3 Å². The van der Waals surface area contributed by atoms with Gasteiger partial charge < -0.3 is 0 Å². The van der Waals surface area contributed by atoms with Crippen LogP contribution in [-0.4, -0.2) is 5.78 Å². The van der Waals surface area contributed by atoms with Crippen LogP contribution in [0, 0.1) is 11.8 Å². The molecule has 0 aromatic rings. The van der Waals surface area contributed by atoms with Crippen molar-refractivity contribution in [3.8, 4) is 0 Å². The van der Waals surface area contributed by atoms with Crippen molar-refractivity contribution in [3.05, 3.63) is 12.7 Å². The van der Waals surface area contributed by atoms with Crippen molar-refractivity contribution >= 4 is 5.78 Å². The minimum Gasteiger partial charge on any atom is -0.299 e. The van der Waals surface area contributed by atoms with E-state index in [-0.39, 0.29) is 0 Å². The molecule has 1 nitrogen and oxygen atoms in total. The summed E-state index contributed by atoms with van der Waals surface area (Å²) < 4.78 is 0. The number of allylic oxidation sites excluding steroid dienone is 1. The fourth-order valence-electron chi connectivity index (χ4n) is 2.21. The van der Waals surface area contributed by atoms with Crippen molar-refractivity contribution in [2.24, 2.45) is 11.8 Å². The first-order valence-electron chi connectivity index (χ1n) is 5.44. The smallest absolute Gasteiger partial charge is 0.136 e. The van der Waals surface area contributed by atoms with Crippen LogP contribution in [0.15, 0.2) is 12.7 Å². The Labute approximate surface area is 81.2 Å². The van der Waals surface area contributed by atoms with Crippen molar-refractivity contribution in [2.75, 3.05) is 0 Å². The third kappa shape index (κ3) is 2.68. The number of carbonyl (C=O) groups excluding carboxylic acids is 1. The number of Topliss-reactive ketones (excluding diaryl/α,β-unsaturated/α-hetero) is 1. The highest BCUT2D eigenvalue weighted by atomic mass is 16.1.